The van der Waals surface area contributed by atoms with Gasteiger partial charge in [-0.15, -0.1) is 0 Å². The van der Waals surface area contributed by atoms with Gasteiger partial charge >= 0.3 is 5.97 Å². The van der Waals surface area contributed by atoms with Gasteiger partial charge in [-0.05, 0) is 32.8 Å². The smallest absolute Gasteiger partial charge is 0.326 e. The third-order valence-electron chi connectivity index (χ3n) is 5.24. The van der Waals surface area contributed by atoms with E-state index in [0.717, 1.165) is 18.9 Å². The Morgan fingerprint density at radius 3 is 2.27 bits per heavy atom. The van der Waals surface area contributed by atoms with Gasteiger partial charge in [-0.2, -0.15) is 0 Å². The Kier molecular flexibility index (Phi) is 7.25. The second-order valence-corrected chi connectivity index (χ2v) is 7.13. The van der Waals surface area contributed by atoms with Crippen LogP contribution < -0.4 is 0 Å². The van der Waals surface area contributed by atoms with Gasteiger partial charge in [0.25, 0.3) is 23.4 Å². The first kappa shape index (κ1) is 23.0. The van der Waals surface area contributed by atoms with E-state index in [2.05, 4.69) is 0 Å². The van der Waals surface area contributed by atoms with Crippen LogP contribution in [0.4, 0.5) is 5.69 Å². The van der Waals surface area contributed by atoms with Crippen LogP contribution in [0.15, 0.2) is 18.2 Å². The maximum Gasteiger partial charge on any atom is 0.326 e. The van der Waals surface area contributed by atoms with Crippen molar-refractivity contribution in [2.75, 3.05) is 13.2 Å². The number of esters is 1. The van der Waals surface area contributed by atoms with E-state index in [9.17, 15) is 29.3 Å². The predicted octanol–water partition coefficient (Wildman–Crippen LogP) is 2.16. The van der Waals surface area contributed by atoms with E-state index >= 15 is 0 Å². The Morgan fingerprint density at radius 2 is 1.73 bits per heavy atom. The molecule has 0 saturated heterocycles. The van der Waals surface area contributed by atoms with Gasteiger partial charge in [0, 0.05) is 18.2 Å². The Bertz CT molecular complexity index is 873. The van der Waals surface area contributed by atoms with Crippen LogP contribution in [0, 0.1) is 10.1 Å². The van der Waals surface area contributed by atoms with Gasteiger partial charge in [0.1, 0.15) is 12.1 Å². The Hall–Kier alpha value is -3.30. The highest BCUT2D eigenvalue weighted by atomic mass is 16.6. The van der Waals surface area contributed by atoms with E-state index in [1.54, 1.807) is 4.90 Å². The number of imide groups is 1. The molecule has 0 aliphatic carbocycles. The average molecular weight is 419 g/mol. The molecule has 162 valence electrons. The molecule has 1 aliphatic heterocycles. The number of carbonyl (C=O) groups is 4. The second kappa shape index (κ2) is 9.47. The van der Waals surface area contributed by atoms with Crippen LogP contribution in [0.5, 0.6) is 0 Å². The molecule has 2 rings (SSSR count). The molecule has 10 heteroatoms. The fourth-order valence-electron chi connectivity index (χ4n) is 3.32. The fraction of sp³-hybridized carbons (Fsp3) is 0.500. The molecule has 0 fully saturated rings. The van der Waals surface area contributed by atoms with E-state index in [-0.39, 0.29) is 29.1 Å². The zero-order valence-electron chi connectivity index (χ0n) is 17.4. The van der Waals surface area contributed by atoms with Crippen LogP contribution in [0.1, 0.15) is 61.3 Å². The van der Waals surface area contributed by atoms with Crippen LogP contribution in [0.3, 0.4) is 0 Å². The molecule has 1 aromatic carbocycles. The van der Waals surface area contributed by atoms with Gasteiger partial charge < -0.3 is 9.64 Å². The molecule has 1 aliphatic rings. The molecule has 2 atom stereocenters. The lowest BCUT2D eigenvalue weighted by Crippen LogP contribution is -2.46. The quantitative estimate of drug-likeness (QED) is 0.260. The maximum atomic E-state index is 12.5. The SMILES string of the molecule is CC[C@H](C)N(C(=O)COC(=O)CN1C(=O)c2cccc([N+](=O)[O-])c2C1=O)[C@@H](C)CC. The highest BCUT2D eigenvalue weighted by Crippen LogP contribution is 2.30. The Balaban J connectivity index is 2.06. The molecule has 0 radical (unpaired) electrons. The minimum absolute atomic E-state index is 0.0389. The zero-order chi connectivity index (χ0) is 22.6. The Labute approximate surface area is 173 Å². The number of fused-ring (bicyclic) bond motifs is 1. The summed E-state index contributed by atoms with van der Waals surface area (Å²) in [4.78, 5) is 62.3. The maximum absolute atomic E-state index is 12.5. The van der Waals surface area contributed by atoms with Crippen molar-refractivity contribution in [3.63, 3.8) is 0 Å². The molecular weight excluding hydrogens is 394 g/mol. The summed E-state index contributed by atoms with van der Waals surface area (Å²) < 4.78 is 5.00. The highest BCUT2D eigenvalue weighted by Gasteiger charge is 2.42. The number of amides is 3. The van der Waals surface area contributed by atoms with E-state index in [4.69, 9.17) is 4.74 Å². The van der Waals surface area contributed by atoms with Crippen LogP contribution >= 0.6 is 0 Å². The van der Waals surface area contributed by atoms with Gasteiger partial charge in [0.05, 0.1) is 10.5 Å². The summed E-state index contributed by atoms with van der Waals surface area (Å²) in [6.45, 7) is 6.44. The summed E-state index contributed by atoms with van der Waals surface area (Å²) in [5.74, 6) is -3.08. The molecule has 30 heavy (non-hydrogen) atoms. The number of nitrogens with zero attached hydrogens (tertiary/aromatic N) is 3. The Morgan fingerprint density at radius 1 is 1.13 bits per heavy atom. The zero-order valence-corrected chi connectivity index (χ0v) is 17.4. The number of rotatable bonds is 9. The molecule has 10 nitrogen and oxygen atoms in total. The topological polar surface area (TPSA) is 127 Å². The fourth-order valence-corrected chi connectivity index (χ4v) is 3.32. The number of hydrogen-bond acceptors (Lipinski definition) is 7. The standard InChI is InChI=1S/C20H25N3O7/c1-5-12(3)22(13(4)6-2)16(24)11-30-17(25)10-21-19(26)14-8-7-9-15(23(28)29)18(14)20(21)27/h7-9,12-13H,5-6,10-11H2,1-4H3/t12-,13-/m0/s1. The van der Waals surface area contributed by atoms with E-state index in [1.165, 1.54) is 12.1 Å². The van der Waals surface area contributed by atoms with Crippen molar-refractivity contribution in [2.24, 2.45) is 0 Å². The van der Waals surface area contributed by atoms with Gasteiger partial charge in [0.2, 0.25) is 0 Å². The predicted molar refractivity (Wildman–Crippen MR) is 106 cm³/mol. The molecule has 0 spiro atoms. The number of benzene rings is 1. The van der Waals surface area contributed by atoms with Crippen molar-refractivity contribution >= 4 is 29.4 Å². The summed E-state index contributed by atoms with van der Waals surface area (Å²) in [6.07, 6.45) is 1.47. The van der Waals surface area contributed by atoms with Crippen LogP contribution in [-0.4, -0.2) is 63.6 Å². The minimum atomic E-state index is -0.950. The summed E-state index contributed by atoms with van der Waals surface area (Å²) in [6, 6.07) is 3.61. The molecule has 0 aromatic heterocycles. The summed E-state index contributed by atoms with van der Waals surface area (Å²) in [5, 5.41) is 11.1. The van der Waals surface area contributed by atoms with Crippen LogP contribution in [-0.2, 0) is 14.3 Å². The molecule has 3 amide bonds. The summed E-state index contributed by atoms with van der Waals surface area (Å²) in [5.41, 5.74) is -0.997. The lowest BCUT2D eigenvalue weighted by molar-refractivity contribution is -0.385. The van der Waals surface area contributed by atoms with Gasteiger partial charge in [-0.25, -0.2) is 0 Å². The molecule has 0 bridgehead atoms. The number of carbonyl (C=O) groups excluding carboxylic acids is 4. The number of nitro groups is 1. The van der Waals surface area contributed by atoms with Crippen molar-refractivity contribution < 1.29 is 28.8 Å². The molecule has 0 N–H and O–H groups in total. The molecular formula is C20H25N3O7. The first-order valence-corrected chi connectivity index (χ1v) is 9.74. The third-order valence-corrected chi connectivity index (χ3v) is 5.24. The van der Waals surface area contributed by atoms with E-state index in [0.29, 0.717) is 4.90 Å². The molecule has 0 unspecified atom stereocenters. The first-order valence-electron chi connectivity index (χ1n) is 9.74. The molecule has 0 saturated carbocycles. The summed E-state index contributed by atoms with van der Waals surface area (Å²) >= 11 is 0. The largest absolute Gasteiger partial charge is 0.454 e. The molecule has 1 heterocycles. The third kappa shape index (κ3) is 4.47. The van der Waals surface area contributed by atoms with E-state index < -0.39 is 41.5 Å². The highest BCUT2D eigenvalue weighted by molar-refractivity contribution is 6.24. The average Bonchev–Trinajstić information content (AvgIpc) is 2.96. The van der Waals surface area contributed by atoms with Crippen molar-refractivity contribution in [3.05, 3.63) is 39.4 Å². The summed E-state index contributed by atoms with van der Waals surface area (Å²) in [7, 11) is 0. The van der Waals surface area contributed by atoms with Crippen LogP contribution in [0.2, 0.25) is 0 Å². The lowest BCUT2D eigenvalue weighted by atomic mass is 10.1. The molecule has 1 aromatic rings. The van der Waals surface area contributed by atoms with Gasteiger partial charge in [-0.1, -0.05) is 19.9 Å². The minimum Gasteiger partial charge on any atom is -0.454 e. The van der Waals surface area contributed by atoms with Gasteiger partial charge in [-0.3, -0.25) is 34.2 Å². The van der Waals surface area contributed by atoms with Crippen LogP contribution in [0.25, 0.3) is 0 Å². The normalized spacial score (nSPS) is 14.9. The van der Waals surface area contributed by atoms with Crippen molar-refractivity contribution in [1.82, 2.24) is 9.80 Å². The number of ether oxygens (including phenoxy) is 1. The van der Waals surface area contributed by atoms with Crippen molar-refractivity contribution in [1.29, 1.82) is 0 Å². The van der Waals surface area contributed by atoms with Crippen molar-refractivity contribution in [3.8, 4) is 0 Å². The van der Waals surface area contributed by atoms with Gasteiger partial charge in [0.15, 0.2) is 6.61 Å². The van der Waals surface area contributed by atoms with E-state index in [1.807, 2.05) is 27.7 Å². The van der Waals surface area contributed by atoms with Crippen molar-refractivity contribution in [2.45, 2.75) is 52.6 Å². The monoisotopic (exact) mass is 419 g/mol. The second-order valence-electron chi connectivity index (χ2n) is 7.13. The number of nitro benzene ring substituents is 1. The lowest BCUT2D eigenvalue weighted by Gasteiger charge is -2.33. The number of hydrogen-bond donors (Lipinski definition) is 0. The first-order chi connectivity index (χ1) is 14.1.